The zero-order chi connectivity index (χ0) is 13.0. The van der Waals surface area contributed by atoms with Gasteiger partial charge in [-0.3, -0.25) is 0 Å². The van der Waals surface area contributed by atoms with Crippen LogP contribution in [0.15, 0.2) is 52.4 Å². The molecule has 0 aliphatic heterocycles. The third-order valence-corrected chi connectivity index (χ3v) is 3.38. The van der Waals surface area contributed by atoms with Gasteiger partial charge < -0.3 is 4.74 Å². The first-order valence-electron chi connectivity index (χ1n) is 5.49. The third-order valence-electron chi connectivity index (χ3n) is 2.43. The van der Waals surface area contributed by atoms with Crippen LogP contribution < -0.4 is 0 Å². The van der Waals surface area contributed by atoms with Crippen molar-refractivity contribution in [2.75, 3.05) is 7.11 Å². The number of nitrogens with zero attached hydrogens (tertiary/aromatic N) is 1. The summed E-state index contributed by atoms with van der Waals surface area (Å²) >= 11 is 1.57. The molecule has 0 aliphatic carbocycles. The number of esters is 1. The van der Waals surface area contributed by atoms with Crippen LogP contribution in [0.4, 0.5) is 0 Å². The molecule has 0 amide bonds. The van der Waals surface area contributed by atoms with Gasteiger partial charge >= 0.3 is 5.97 Å². The van der Waals surface area contributed by atoms with Crippen molar-refractivity contribution < 1.29 is 9.53 Å². The second kappa shape index (κ2) is 5.69. The zero-order valence-electron chi connectivity index (χ0n) is 10.2. The van der Waals surface area contributed by atoms with Gasteiger partial charge in [0, 0.05) is 4.90 Å². The number of aryl methyl sites for hydroxylation is 1. The van der Waals surface area contributed by atoms with Crippen LogP contribution >= 0.6 is 11.8 Å². The lowest BCUT2D eigenvalue weighted by Gasteiger charge is -2.05. The molecule has 3 nitrogen and oxygen atoms in total. The Balaban J connectivity index is 2.22. The van der Waals surface area contributed by atoms with E-state index in [1.54, 1.807) is 24.8 Å². The van der Waals surface area contributed by atoms with Crippen LogP contribution in [0.25, 0.3) is 0 Å². The molecule has 0 saturated carbocycles. The van der Waals surface area contributed by atoms with Crippen LogP contribution in [0.5, 0.6) is 0 Å². The number of aromatic nitrogens is 1. The number of methoxy groups -OCH3 is 1. The van der Waals surface area contributed by atoms with Crippen molar-refractivity contribution in [1.82, 2.24) is 4.98 Å². The number of ether oxygens (including phenoxy) is 1. The zero-order valence-corrected chi connectivity index (χ0v) is 11.0. The Morgan fingerprint density at radius 1 is 1.17 bits per heavy atom. The molecule has 0 bridgehead atoms. The van der Waals surface area contributed by atoms with E-state index in [-0.39, 0.29) is 5.97 Å². The van der Waals surface area contributed by atoms with E-state index in [0.717, 1.165) is 9.92 Å². The molecule has 0 saturated heterocycles. The summed E-state index contributed by atoms with van der Waals surface area (Å²) in [6.45, 7) is 1.81. The van der Waals surface area contributed by atoms with Crippen LogP contribution in [0.1, 0.15) is 16.1 Å². The highest BCUT2D eigenvalue weighted by atomic mass is 32.2. The lowest BCUT2D eigenvalue weighted by molar-refractivity contribution is 0.0599. The van der Waals surface area contributed by atoms with Gasteiger partial charge in [0.05, 0.1) is 18.4 Å². The van der Waals surface area contributed by atoms with E-state index in [0.29, 0.717) is 11.3 Å². The van der Waals surface area contributed by atoms with E-state index in [4.69, 9.17) is 0 Å². The fourth-order valence-electron chi connectivity index (χ4n) is 1.53. The fourth-order valence-corrected chi connectivity index (χ4v) is 2.38. The molecule has 2 rings (SSSR count). The Bertz CT molecular complexity index is 555. The second-order valence-corrected chi connectivity index (χ2v) is 4.78. The van der Waals surface area contributed by atoms with Crippen LogP contribution in [0, 0.1) is 6.92 Å². The number of hydrogen-bond acceptors (Lipinski definition) is 4. The average Bonchev–Trinajstić information content (AvgIpc) is 2.39. The van der Waals surface area contributed by atoms with Gasteiger partial charge in [-0.15, -0.1) is 0 Å². The molecule has 0 atom stereocenters. The Labute approximate surface area is 110 Å². The number of benzene rings is 1. The van der Waals surface area contributed by atoms with Crippen LogP contribution in [-0.4, -0.2) is 18.1 Å². The highest BCUT2D eigenvalue weighted by molar-refractivity contribution is 7.99. The molecule has 18 heavy (non-hydrogen) atoms. The van der Waals surface area contributed by atoms with Crippen molar-refractivity contribution in [3.8, 4) is 0 Å². The van der Waals surface area contributed by atoms with Gasteiger partial charge in [-0.1, -0.05) is 30.0 Å². The van der Waals surface area contributed by atoms with E-state index in [9.17, 15) is 4.79 Å². The molecule has 92 valence electrons. The minimum Gasteiger partial charge on any atom is -0.465 e. The van der Waals surface area contributed by atoms with E-state index in [2.05, 4.69) is 9.72 Å². The summed E-state index contributed by atoms with van der Waals surface area (Å²) in [4.78, 5) is 17.0. The van der Waals surface area contributed by atoms with E-state index >= 15 is 0 Å². The number of carbonyl (C=O) groups is 1. The number of pyridine rings is 1. The molecular formula is C14H13NO2S. The fraction of sp³-hybridized carbons (Fsp3) is 0.143. The predicted octanol–water partition coefficient (Wildman–Crippen LogP) is 3.33. The quantitative estimate of drug-likeness (QED) is 0.793. The smallest absolute Gasteiger partial charge is 0.339 e. The lowest BCUT2D eigenvalue weighted by atomic mass is 10.2. The maximum atomic E-state index is 11.4. The number of carbonyl (C=O) groups excluding carboxylic acids is 1. The molecule has 0 unspecified atom stereocenters. The monoisotopic (exact) mass is 259 g/mol. The summed E-state index contributed by atoms with van der Waals surface area (Å²) in [5, 5.41) is 0.867. The Hall–Kier alpha value is -1.81. The summed E-state index contributed by atoms with van der Waals surface area (Å²) in [6, 6.07) is 13.6. The minimum absolute atomic E-state index is 0.351. The maximum Gasteiger partial charge on any atom is 0.339 e. The molecule has 1 heterocycles. The molecule has 1 aromatic heterocycles. The minimum atomic E-state index is -0.351. The average molecular weight is 259 g/mol. The standard InChI is InChI=1S/C14H13NO2S/c1-10-12(14(16)17-2)8-9-13(15-10)18-11-6-4-3-5-7-11/h3-9H,1-2H3. The SMILES string of the molecule is COC(=O)c1ccc(Sc2ccccc2)nc1C. The Morgan fingerprint density at radius 2 is 1.89 bits per heavy atom. The molecular weight excluding hydrogens is 246 g/mol. The normalized spacial score (nSPS) is 10.1. The highest BCUT2D eigenvalue weighted by Gasteiger charge is 2.10. The summed E-state index contributed by atoms with van der Waals surface area (Å²) in [7, 11) is 1.37. The molecule has 0 N–H and O–H groups in total. The van der Waals surface area contributed by atoms with Crippen LogP contribution in [-0.2, 0) is 4.74 Å². The predicted molar refractivity (Wildman–Crippen MR) is 70.9 cm³/mol. The Morgan fingerprint density at radius 3 is 2.50 bits per heavy atom. The van der Waals surface area contributed by atoms with Crippen molar-refractivity contribution in [2.24, 2.45) is 0 Å². The molecule has 0 radical (unpaired) electrons. The topological polar surface area (TPSA) is 39.2 Å². The van der Waals surface area contributed by atoms with Gasteiger partial charge in [0.15, 0.2) is 0 Å². The highest BCUT2D eigenvalue weighted by Crippen LogP contribution is 2.26. The van der Waals surface area contributed by atoms with Gasteiger partial charge in [-0.2, -0.15) is 0 Å². The van der Waals surface area contributed by atoms with Crippen molar-refractivity contribution in [3.05, 3.63) is 53.7 Å². The summed E-state index contributed by atoms with van der Waals surface area (Å²) in [6.07, 6.45) is 0. The van der Waals surface area contributed by atoms with E-state index in [1.165, 1.54) is 7.11 Å². The van der Waals surface area contributed by atoms with Crippen molar-refractivity contribution in [3.63, 3.8) is 0 Å². The van der Waals surface area contributed by atoms with E-state index in [1.807, 2.05) is 36.4 Å². The van der Waals surface area contributed by atoms with E-state index < -0.39 is 0 Å². The summed E-state index contributed by atoms with van der Waals surface area (Å²) < 4.78 is 4.69. The molecule has 0 aliphatic rings. The first-order valence-corrected chi connectivity index (χ1v) is 6.31. The molecule has 1 aromatic carbocycles. The lowest BCUT2D eigenvalue weighted by Crippen LogP contribution is -2.05. The van der Waals surface area contributed by atoms with Gasteiger partial charge in [0.2, 0.25) is 0 Å². The van der Waals surface area contributed by atoms with Crippen LogP contribution in [0.2, 0.25) is 0 Å². The largest absolute Gasteiger partial charge is 0.465 e. The molecule has 4 heteroatoms. The maximum absolute atomic E-state index is 11.4. The van der Waals surface area contributed by atoms with Gasteiger partial charge in [-0.25, -0.2) is 9.78 Å². The van der Waals surface area contributed by atoms with Gasteiger partial charge in [0.1, 0.15) is 5.03 Å². The third kappa shape index (κ3) is 2.90. The van der Waals surface area contributed by atoms with Crippen molar-refractivity contribution >= 4 is 17.7 Å². The second-order valence-electron chi connectivity index (χ2n) is 3.69. The molecule has 2 aromatic rings. The van der Waals surface area contributed by atoms with Crippen molar-refractivity contribution in [2.45, 2.75) is 16.8 Å². The summed E-state index contributed by atoms with van der Waals surface area (Å²) in [5.74, 6) is -0.351. The van der Waals surface area contributed by atoms with Crippen molar-refractivity contribution in [1.29, 1.82) is 0 Å². The number of hydrogen-bond donors (Lipinski definition) is 0. The first kappa shape index (κ1) is 12.6. The van der Waals surface area contributed by atoms with Gasteiger partial charge in [0.25, 0.3) is 0 Å². The molecule has 0 spiro atoms. The first-order chi connectivity index (χ1) is 8.70. The number of rotatable bonds is 3. The van der Waals surface area contributed by atoms with Gasteiger partial charge in [-0.05, 0) is 31.2 Å². The summed E-state index contributed by atoms with van der Waals surface area (Å²) in [5.41, 5.74) is 1.19. The molecule has 0 fully saturated rings. The van der Waals surface area contributed by atoms with Crippen LogP contribution in [0.3, 0.4) is 0 Å². The Kier molecular flexibility index (Phi) is 3.99.